The fraction of sp³-hybridized carbons (Fsp3) is 0.800. The molecule has 0 spiro atoms. The van der Waals surface area contributed by atoms with Gasteiger partial charge >= 0.3 is 5.97 Å². The zero-order valence-corrected chi connectivity index (χ0v) is 9.84. The Bertz CT molecular complexity index is 242. The summed E-state index contributed by atoms with van der Waals surface area (Å²) < 4.78 is 10.3. The first-order valence-corrected chi connectivity index (χ1v) is 6.02. The van der Waals surface area contributed by atoms with Crippen LogP contribution in [0.3, 0.4) is 0 Å². The Morgan fingerprint density at radius 1 is 1.53 bits per heavy atom. The van der Waals surface area contributed by atoms with E-state index in [4.69, 9.17) is 9.47 Å². The van der Waals surface area contributed by atoms with Gasteiger partial charge in [-0.3, -0.25) is 9.59 Å². The van der Waals surface area contributed by atoms with Crippen LogP contribution in [0, 0.1) is 0 Å². The van der Waals surface area contributed by atoms with E-state index in [-0.39, 0.29) is 22.6 Å². The van der Waals surface area contributed by atoms with Gasteiger partial charge in [0.15, 0.2) is 5.44 Å². The molecule has 0 bridgehead atoms. The van der Waals surface area contributed by atoms with Crippen molar-refractivity contribution in [3.63, 3.8) is 0 Å². The van der Waals surface area contributed by atoms with Gasteiger partial charge in [-0.1, -0.05) is 18.7 Å². The molecule has 1 rings (SSSR count). The highest BCUT2D eigenvalue weighted by atomic mass is 32.2. The second-order valence-corrected chi connectivity index (χ2v) is 4.75. The number of ether oxygens (including phenoxy) is 2. The molecular formula is C10H16O4S. The first-order chi connectivity index (χ1) is 7.11. The minimum Gasteiger partial charge on any atom is -0.449 e. The van der Waals surface area contributed by atoms with Crippen molar-refractivity contribution in [2.24, 2.45) is 0 Å². The first kappa shape index (κ1) is 12.5. The van der Waals surface area contributed by atoms with E-state index in [1.165, 1.54) is 18.7 Å². The molecule has 0 aromatic heterocycles. The average Bonchev–Trinajstić information content (AvgIpc) is 2.51. The smallest absolute Gasteiger partial charge is 0.303 e. The largest absolute Gasteiger partial charge is 0.449 e. The molecule has 1 aliphatic heterocycles. The molecule has 5 heteroatoms. The maximum atomic E-state index is 11.3. The zero-order valence-electron chi connectivity index (χ0n) is 9.02. The molecule has 1 heterocycles. The summed E-state index contributed by atoms with van der Waals surface area (Å²) in [6, 6.07) is 0. The Hall–Kier alpha value is -0.550. The number of ketones is 1. The summed E-state index contributed by atoms with van der Waals surface area (Å²) in [5.41, 5.74) is -0.393. The topological polar surface area (TPSA) is 52.6 Å². The fourth-order valence-corrected chi connectivity index (χ4v) is 2.48. The molecule has 86 valence electrons. The van der Waals surface area contributed by atoms with Crippen LogP contribution in [0.15, 0.2) is 0 Å². The van der Waals surface area contributed by atoms with E-state index >= 15 is 0 Å². The molecule has 15 heavy (non-hydrogen) atoms. The SMILES string of the molecule is CCCC(=O)C[C@@H]1OC[C@H](OC(C)=O)S1. The number of Topliss-reactive ketones (excluding diaryl/α,β-unsaturated/α-hetero) is 1. The Kier molecular flexibility index (Phi) is 5.11. The number of hydrogen-bond acceptors (Lipinski definition) is 5. The second kappa shape index (κ2) is 6.12. The molecule has 0 N–H and O–H groups in total. The van der Waals surface area contributed by atoms with Gasteiger partial charge in [0.1, 0.15) is 11.2 Å². The number of hydrogen-bond donors (Lipinski definition) is 0. The molecule has 0 amide bonds. The highest BCUT2D eigenvalue weighted by Gasteiger charge is 2.29. The van der Waals surface area contributed by atoms with Crippen molar-refractivity contribution in [2.75, 3.05) is 6.61 Å². The van der Waals surface area contributed by atoms with Crippen molar-refractivity contribution in [1.29, 1.82) is 0 Å². The van der Waals surface area contributed by atoms with E-state index in [0.717, 1.165) is 6.42 Å². The van der Waals surface area contributed by atoms with Gasteiger partial charge in [-0.2, -0.15) is 0 Å². The molecule has 1 saturated heterocycles. The lowest BCUT2D eigenvalue weighted by atomic mass is 10.2. The molecule has 0 saturated carbocycles. The Labute approximate surface area is 93.7 Å². The number of rotatable bonds is 5. The van der Waals surface area contributed by atoms with E-state index in [1.807, 2.05) is 6.92 Å². The van der Waals surface area contributed by atoms with Gasteiger partial charge in [0.25, 0.3) is 0 Å². The Morgan fingerprint density at radius 3 is 2.87 bits per heavy atom. The lowest BCUT2D eigenvalue weighted by Crippen LogP contribution is -2.12. The van der Waals surface area contributed by atoms with Gasteiger partial charge in [-0.15, -0.1) is 0 Å². The Balaban J connectivity index is 2.24. The van der Waals surface area contributed by atoms with Gasteiger partial charge in [-0.25, -0.2) is 0 Å². The van der Waals surface area contributed by atoms with E-state index in [0.29, 0.717) is 19.4 Å². The van der Waals surface area contributed by atoms with Gasteiger partial charge in [0.05, 0.1) is 6.61 Å². The van der Waals surface area contributed by atoms with Crippen LogP contribution in [0.5, 0.6) is 0 Å². The van der Waals surface area contributed by atoms with Gasteiger partial charge in [0, 0.05) is 19.8 Å². The summed E-state index contributed by atoms with van der Waals surface area (Å²) in [5.74, 6) is -0.102. The minimum atomic E-state index is -0.309. The van der Waals surface area contributed by atoms with Gasteiger partial charge in [-0.05, 0) is 6.42 Å². The van der Waals surface area contributed by atoms with Crippen molar-refractivity contribution in [3.05, 3.63) is 0 Å². The van der Waals surface area contributed by atoms with Crippen LogP contribution in [0.4, 0.5) is 0 Å². The predicted octanol–water partition coefficient (Wildman–Crippen LogP) is 1.72. The summed E-state index contributed by atoms with van der Waals surface area (Å²) in [6.45, 7) is 3.73. The van der Waals surface area contributed by atoms with Crippen molar-refractivity contribution in [1.82, 2.24) is 0 Å². The third-order valence-corrected chi connectivity index (χ3v) is 3.08. The summed E-state index contributed by atoms with van der Waals surface area (Å²) in [5, 5.41) is 0. The molecule has 0 unspecified atom stereocenters. The van der Waals surface area contributed by atoms with E-state index < -0.39 is 0 Å². The van der Waals surface area contributed by atoms with Crippen LogP contribution in [0.25, 0.3) is 0 Å². The van der Waals surface area contributed by atoms with Crippen LogP contribution in [-0.4, -0.2) is 29.2 Å². The molecule has 0 aromatic carbocycles. The van der Waals surface area contributed by atoms with E-state index in [1.54, 1.807) is 0 Å². The molecule has 4 nitrogen and oxygen atoms in total. The van der Waals surface area contributed by atoms with Crippen LogP contribution in [0.1, 0.15) is 33.1 Å². The standard InChI is InChI=1S/C10H16O4S/c1-3-4-8(12)5-9-13-6-10(15-9)14-7(2)11/h9-10H,3-6H2,1-2H3/t9-,10-/m1/s1. The summed E-state index contributed by atoms with van der Waals surface area (Å²) in [7, 11) is 0. The molecule has 2 atom stereocenters. The van der Waals surface area contributed by atoms with Crippen LogP contribution < -0.4 is 0 Å². The normalized spacial score (nSPS) is 25.2. The fourth-order valence-electron chi connectivity index (χ4n) is 1.35. The van der Waals surface area contributed by atoms with Crippen molar-refractivity contribution in [2.45, 2.75) is 44.0 Å². The zero-order chi connectivity index (χ0) is 11.3. The summed E-state index contributed by atoms with van der Waals surface area (Å²) in [6.07, 6.45) is 1.87. The number of carbonyl (C=O) groups excluding carboxylic acids is 2. The molecule has 1 fully saturated rings. The summed E-state index contributed by atoms with van der Waals surface area (Å²) >= 11 is 1.41. The predicted molar refractivity (Wildman–Crippen MR) is 57.4 cm³/mol. The number of carbonyl (C=O) groups is 2. The number of esters is 1. The quantitative estimate of drug-likeness (QED) is 0.676. The molecular weight excluding hydrogens is 216 g/mol. The van der Waals surface area contributed by atoms with Crippen molar-refractivity contribution in [3.8, 4) is 0 Å². The lowest BCUT2D eigenvalue weighted by Gasteiger charge is -2.08. The van der Waals surface area contributed by atoms with Crippen LogP contribution in [-0.2, 0) is 19.1 Å². The van der Waals surface area contributed by atoms with Crippen LogP contribution in [0.2, 0.25) is 0 Å². The maximum absolute atomic E-state index is 11.3. The first-order valence-electron chi connectivity index (χ1n) is 5.07. The highest BCUT2D eigenvalue weighted by Crippen LogP contribution is 2.30. The molecule has 0 radical (unpaired) electrons. The van der Waals surface area contributed by atoms with Crippen molar-refractivity contribution >= 4 is 23.5 Å². The molecule has 0 aliphatic carbocycles. The molecule has 0 aromatic rings. The summed E-state index contributed by atoms with van der Waals surface area (Å²) in [4.78, 5) is 22.0. The lowest BCUT2D eigenvalue weighted by molar-refractivity contribution is -0.143. The molecule has 1 aliphatic rings. The monoisotopic (exact) mass is 232 g/mol. The Morgan fingerprint density at radius 2 is 2.27 bits per heavy atom. The van der Waals surface area contributed by atoms with Crippen molar-refractivity contribution < 1.29 is 19.1 Å². The van der Waals surface area contributed by atoms with Gasteiger partial charge < -0.3 is 9.47 Å². The third kappa shape index (κ3) is 4.66. The maximum Gasteiger partial charge on any atom is 0.303 e. The average molecular weight is 232 g/mol. The number of thioether (sulfide) groups is 1. The van der Waals surface area contributed by atoms with E-state index in [9.17, 15) is 9.59 Å². The highest BCUT2D eigenvalue weighted by molar-refractivity contribution is 8.00. The van der Waals surface area contributed by atoms with E-state index in [2.05, 4.69) is 0 Å². The second-order valence-electron chi connectivity index (χ2n) is 3.43. The van der Waals surface area contributed by atoms with Gasteiger partial charge in [0.2, 0.25) is 0 Å². The van der Waals surface area contributed by atoms with Crippen LogP contribution >= 0.6 is 11.8 Å². The minimum absolute atomic E-state index is 0.145. The third-order valence-electron chi connectivity index (χ3n) is 1.94.